The SMILES string of the molecule is BrCc1ccc(OC2CCOC3(CCOC3)C2)cc1. The predicted molar refractivity (Wildman–Crippen MR) is 76.8 cm³/mol. The highest BCUT2D eigenvalue weighted by molar-refractivity contribution is 9.08. The van der Waals surface area contributed by atoms with Gasteiger partial charge in [0, 0.05) is 31.2 Å². The van der Waals surface area contributed by atoms with Crippen LogP contribution in [0.4, 0.5) is 0 Å². The molecule has 2 saturated heterocycles. The molecule has 2 unspecified atom stereocenters. The normalized spacial score (nSPS) is 30.7. The lowest BCUT2D eigenvalue weighted by Gasteiger charge is -2.37. The summed E-state index contributed by atoms with van der Waals surface area (Å²) in [6.45, 7) is 2.30. The number of rotatable bonds is 3. The molecule has 3 nitrogen and oxygen atoms in total. The summed E-state index contributed by atoms with van der Waals surface area (Å²) in [6, 6.07) is 8.28. The van der Waals surface area contributed by atoms with Crippen LogP contribution in [-0.4, -0.2) is 31.5 Å². The molecular formula is C15H19BrO3. The molecule has 1 aromatic rings. The van der Waals surface area contributed by atoms with Crippen LogP contribution in [0.3, 0.4) is 0 Å². The van der Waals surface area contributed by atoms with Gasteiger partial charge in [-0.15, -0.1) is 0 Å². The third-order valence-corrected chi connectivity index (χ3v) is 4.54. The molecule has 0 N–H and O–H groups in total. The molecule has 1 spiro atoms. The van der Waals surface area contributed by atoms with Crippen LogP contribution in [0.15, 0.2) is 24.3 Å². The summed E-state index contributed by atoms with van der Waals surface area (Å²) >= 11 is 3.45. The van der Waals surface area contributed by atoms with Crippen LogP contribution in [-0.2, 0) is 14.8 Å². The van der Waals surface area contributed by atoms with Gasteiger partial charge in [-0.05, 0) is 17.7 Å². The Morgan fingerprint density at radius 2 is 2.11 bits per heavy atom. The van der Waals surface area contributed by atoms with Gasteiger partial charge >= 0.3 is 0 Å². The summed E-state index contributed by atoms with van der Waals surface area (Å²) < 4.78 is 17.5. The molecule has 19 heavy (non-hydrogen) atoms. The van der Waals surface area contributed by atoms with Crippen molar-refractivity contribution in [3.05, 3.63) is 29.8 Å². The van der Waals surface area contributed by atoms with E-state index in [1.807, 2.05) is 12.1 Å². The van der Waals surface area contributed by atoms with Crippen LogP contribution in [0.25, 0.3) is 0 Å². The second-order valence-electron chi connectivity index (χ2n) is 5.34. The highest BCUT2D eigenvalue weighted by atomic mass is 79.9. The summed E-state index contributed by atoms with van der Waals surface area (Å²) in [5, 5.41) is 0.880. The van der Waals surface area contributed by atoms with Gasteiger partial charge in [0.15, 0.2) is 0 Å². The molecule has 104 valence electrons. The maximum atomic E-state index is 6.09. The molecule has 0 bridgehead atoms. The molecule has 4 heteroatoms. The van der Waals surface area contributed by atoms with Gasteiger partial charge in [0.05, 0.1) is 18.8 Å². The summed E-state index contributed by atoms with van der Waals surface area (Å²) in [5.41, 5.74) is 1.18. The van der Waals surface area contributed by atoms with E-state index in [2.05, 4.69) is 28.1 Å². The second-order valence-corrected chi connectivity index (χ2v) is 5.91. The zero-order valence-corrected chi connectivity index (χ0v) is 12.5. The Morgan fingerprint density at radius 1 is 1.26 bits per heavy atom. The first-order valence-corrected chi connectivity index (χ1v) is 7.95. The van der Waals surface area contributed by atoms with E-state index < -0.39 is 0 Å². The Labute approximate surface area is 122 Å². The minimum absolute atomic E-state index is 0.0846. The van der Waals surface area contributed by atoms with Crippen LogP contribution in [0.2, 0.25) is 0 Å². The zero-order chi connectivity index (χ0) is 13.1. The van der Waals surface area contributed by atoms with Crippen molar-refractivity contribution >= 4 is 15.9 Å². The average molecular weight is 327 g/mol. The van der Waals surface area contributed by atoms with Gasteiger partial charge in [0.25, 0.3) is 0 Å². The molecule has 2 heterocycles. The van der Waals surface area contributed by atoms with E-state index >= 15 is 0 Å². The third-order valence-electron chi connectivity index (χ3n) is 3.90. The van der Waals surface area contributed by atoms with Gasteiger partial charge in [-0.25, -0.2) is 0 Å². The Balaban J connectivity index is 1.62. The van der Waals surface area contributed by atoms with E-state index in [1.54, 1.807) is 0 Å². The average Bonchev–Trinajstić information content (AvgIpc) is 2.88. The molecule has 2 fully saturated rings. The summed E-state index contributed by atoms with van der Waals surface area (Å²) in [6.07, 6.45) is 3.13. The second kappa shape index (κ2) is 5.81. The van der Waals surface area contributed by atoms with Crippen LogP contribution >= 0.6 is 15.9 Å². The number of halogens is 1. The van der Waals surface area contributed by atoms with E-state index in [0.717, 1.165) is 50.2 Å². The van der Waals surface area contributed by atoms with Crippen LogP contribution in [0, 0.1) is 0 Å². The number of ether oxygens (including phenoxy) is 3. The molecule has 3 rings (SSSR count). The van der Waals surface area contributed by atoms with Crippen molar-refractivity contribution in [1.29, 1.82) is 0 Å². The van der Waals surface area contributed by atoms with Crippen molar-refractivity contribution in [3.8, 4) is 5.75 Å². The van der Waals surface area contributed by atoms with Gasteiger partial charge < -0.3 is 14.2 Å². The third kappa shape index (κ3) is 3.12. The van der Waals surface area contributed by atoms with Crippen molar-refractivity contribution in [3.63, 3.8) is 0 Å². The van der Waals surface area contributed by atoms with E-state index in [-0.39, 0.29) is 11.7 Å². The van der Waals surface area contributed by atoms with Crippen LogP contribution < -0.4 is 4.74 Å². The van der Waals surface area contributed by atoms with Crippen LogP contribution in [0.5, 0.6) is 5.75 Å². The molecule has 0 aliphatic carbocycles. The molecule has 2 atom stereocenters. The molecular weight excluding hydrogens is 308 g/mol. The maximum absolute atomic E-state index is 6.09. The summed E-state index contributed by atoms with van der Waals surface area (Å²) in [5.74, 6) is 0.950. The minimum atomic E-state index is -0.0846. The van der Waals surface area contributed by atoms with E-state index in [0.29, 0.717) is 0 Å². The summed E-state index contributed by atoms with van der Waals surface area (Å²) in [4.78, 5) is 0. The lowest BCUT2D eigenvalue weighted by atomic mass is 9.91. The standard InChI is InChI=1S/C15H19BrO3/c16-10-12-1-3-13(4-2-12)19-14-5-7-18-15(9-14)6-8-17-11-15/h1-4,14H,5-11H2. The number of benzene rings is 1. The monoisotopic (exact) mass is 326 g/mol. The Bertz CT molecular complexity index is 412. The van der Waals surface area contributed by atoms with Crippen molar-refractivity contribution in [2.75, 3.05) is 19.8 Å². The fourth-order valence-corrected chi connectivity index (χ4v) is 3.17. The minimum Gasteiger partial charge on any atom is -0.490 e. The fourth-order valence-electron chi connectivity index (χ4n) is 2.80. The number of hydrogen-bond acceptors (Lipinski definition) is 3. The van der Waals surface area contributed by atoms with Gasteiger partial charge in [0.1, 0.15) is 11.9 Å². The van der Waals surface area contributed by atoms with Gasteiger partial charge in [-0.3, -0.25) is 0 Å². The smallest absolute Gasteiger partial charge is 0.119 e. The van der Waals surface area contributed by atoms with Gasteiger partial charge in [-0.1, -0.05) is 28.1 Å². The Morgan fingerprint density at radius 3 is 2.79 bits per heavy atom. The fraction of sp³-hybridized carbons (Fsp3) is 0.600. The zero-order valence-electron chi connectivity index (χ0n) is 10.9. The van der Waals surface area contributed by atoms with Gasteiger partial charge in [0.2, 0.25) is 0 Å². The summed E-state index contributed by atoms with van der Waals surface area (Å²) in [7, 11) is 0. The lowest BCUT2D eigenvalue weighted by Crippen LogP contribution is -2.44. The van der Waals surface area contributed by atoms with Crippen molar-refractivity contribution < 1.29 is 14.2 Å². The van der Waals surface area contributed by atoms with Crippen molar-refractivity contribution in [1.82, 2.24) is 0 Å². The molecule has 0 aromatic heterocycles. The highest BCUT2D eigenvalue weighted by Crippen LogP contribution is 2.34. The number of hydrogen-bond donors (Lipinski definition) is 0. The Hall–Kier alpha value is -0.580. The topological polar surface area (TPSA) is 27.7 Å². The first-order chi connectivity index (χ1) is 9.30. The largest absolute Gasteiger partial charge is 0.490 e. The molecule has 0 radical (unpaired) electrons. The molecule has 2 aliphatic rings. The number of alkyl halides is 1. The lowest BCUT2D eigenvalue weighted by molar-refractivity contribution is -0.112. The molecule has 1 aromatic carbocycles. The van der Waals surface area contributed by atoms with Crippen molar-refractivity contribution in [2.24, 2.45) is 0 Å². The highest BCUT2D eigenvalue weighted by Gasteiger charge is 2.41. The van der Waals surface area contributed by atoms with E-state index in [4.69, 9.17) is 14.2 Å². The molecule has 0 amide bonds. The molecule has 2 aliphatic heterocycles. The first-order valence-electron chi connectivity index (χ1n) is 6.83. The molecule has 0 saturated carbocycles. The van der Waals surface area contributed by atoms with Gasteiger partial charge in [-0.2, -0.15) is 0 Å². The quantitative estimate of drug-likeness (QED) is 0.798. The van der Waals surface area contributed by atoms with Crippen LogP contribution in [0.1, 0.15) is 24.8 Å². The van der Waals surface area contributed by atoms with E-state index in [1.165, 1.54) is 5.56 Å². The first kappa shape index (κ1) is 13.4. The van der Waals surface area contributed by atoms with Crippen molar-refractivity contribution in [2.45, 2.75) is 36.3 Å². The maximum Gasteiger partial charge on any atom is 0.119 e. The Kier molecular flexibility index (Phi) is 4.10. The van der Waals surface area contributed by atoms with E-state index in [9.17, 15) is 0 Å². The predicted octanol–water partition coefficient (Wildman–Crippen LogP) is 3.30.